The van der Waals surface area contributed by atoms with E-state index >= 15 is 0 Å². The van der Waals surface area contributed by atoms with Crippen molar-refractivity contribution in [1.29, 1.82) is 0 Å². The molecule has 1 aromatic rings. The molecule has 3 rings (SSSR count). The zero-order valence-electron chi connectivity index (χ0n) is 16.0. The molecule has 1 saturated carbocycles. The van der Waals surface area contributed by atoms with E-state index in [1.807, 2.05) is 6.07 Å². The molecular formula is C20H33N3O2. The van der Waals surface area contributed by atoms with E-state index in [4.69, 9.17) is 0 Å². The minimum Gasteiger partial charge on any atom is -0.389 e. The summed E-state index contributed by atoms with van der Waals surface area (Å²) in [6, 6.07) is 3.50. The summed E-state index contributed by atoms with van der Waals surface area (Å²) < 4.78 is 1.66. The van der Waals surface area contributed by atoms with Gasteiger partial charge in [0, 0.05) is 24.6 Å². The summed E-state index contributed by atoms with van der Waals surface area (Å²) in [5, 5.41) is 15.2. The molecule has 0 amide bonds. The molecule has 0 bridgehead atoms. The van der Waals surface area contributed by atoms with Crippen molar-refractivity contribution in [2.24, 2.45) is 5.92 Å². The molecule has 0 radical (unpaired) electrons. The quantitative estimate of drug-likeness (QED) is 0.909. The van der Waals surface area contributed by atoms with E-state index in [9.17, 15) is 9.90 Å². The number of β-amino-alcohol motifs (C(OH)–C–C–N with tert-alkyl or cyclic N) is 1. The van der Waals surface area contributed by atoms with E-state index in [-0.39, 0.29) is 11.0 Å². The Balaban J connectivity index is 1.56. The first-order chi connectivity index (χ1) is 11.8. The zero-order valence-corrected chi connectivity index (χ0v) is 16.0. The molecular weight excluding hydrogens is 314 g/mol. The van der Waals surface area contributed by atoms with Gasteiger partial charge in [-0.3, -0.25) is 4.79 Å². The van der Waals surface area contributed by atoms with Crippen LogP contribution in [-0.2, 0) is 12.0 Å². The number of piperidine rings is 1. The molecule has 1 aromatic heterocycles. The number of aromatic nitrogens is 2. The maximum absolute atomic E-state index is 12.2. The van der Waals surface area contributed by atoms with Gasteiger partial charge >= 0.3 is 0 Å². The first-order valence-electron chi connectivity index (χ1n) is 9.79. The van der Waals surface area contributed by atoms with Crippen LogP contribution in [0.5, 0.6) is 0 Å². The highest BCUT2D eigenvalue weighted by atomic mass is 16.3. The Hall–Kier alpha value is -1.20. The molecule has 2 aliphatic rings. The maximum Gasteiger partial charge on any atom is 0.266 e. The van der Waals surface area contributed by atoms with Gasteiger partial charge in [0.25, 0.3) is 5.56 Å². The predicted octanol–water partition coefficient (Wildman–Crippen LogP) is 2.56. The van der Waals surface area contributed by atoms with Gasteiger partial charge < -0.3 is 10.0 Å². The minimum atomic E-state index is -0.452. The fourth-order valence-electron chi connectivity index (χ4n) is 4.16. The van der Waals surface area contributed by atoms with Crippen LogP contribution in [0.4, 0.5) is 0 Å². The molecule has 140 valence electrons. The van der Waals surface area contributed by atoms with Crippen molar-refractivity contribution in [2.45, 2.75) is 76.9 Å². The summed E-state index contributed by atoms with van der Waals surface area (Å²) >= 11 is 0. The van der Waals surface area contributed by atoms with Crippen molar-refractivity contribution in [1.82, 2.24) is 14.7 Å². The summed E-state index contributed by atoms with van der Waals surface area (Å²) in [5.41, 5.74) is 0.464. The first kappa shape index (κ1) is 18.6. The molecule has 1 N–H and O–H groups in total. The van der Waals surface area contributed by atoms with Crippen LogP contribution in [0.15, 0.2) is 16.9 Å². The number of rotatable bonds is 4. The lowest BCUT2D eigenvalue weighted by Gasteiger charge is -2.36. The monoisotopic (exact) mass is 347 g/mol. The van der Waals surface area contributed by atoms with Crippen LogP contribution in [0.25, 0.3) is 0 Å². The van der Waals surface area contributed by atoms with E-state index in [0.717, 1.165) is 63.9 Å². The molecule has 2 fully saturated rings. The molecule has 0 atom stereocenters. The highest BCUT2D eigenvalue weighted by Gasteiger charge is 2.34. The lowest BCUT2D eigenvalue weighted by atomic mass is 9.92. The highest BCUT2D eigenvalue weighted by Crippen LogP contribution is 2.31. The van der Waals surface area contributed by atoms with Crippen LogP contribution >= 0.6 is 0 Å². The fraction of sp³-hybridized carbons (Fsp3) is 0.800. The summed E-state index contributed by atoms with van der Waals surface area (Å²) in [4.78, 5) is 14.6. The van der Waals surface area contributed by atoms with Crippen LogP contribution in [-0.4, -0.2) is 45.0 Å². The molecule has 5 heteroatoms. The summed E-state index contributed by atoms with van der Waals surface area (Å²) in [6.45, 7) is 9.92. The summed E-state index contributed by atoms with van der Waals surface area (Å²) in [6.07, 6.45) is 6.36. The lowest BCUT2D eigenvalue weighted by Crippen LogP contribution is -2.45. The normalized spacial score (nSPS) is 22.4. The van der Waals surface area contributed by atoms with Crippen molar-refractivity contribution in [3.05, 3.63) is 28.2 Å². The van der Waals surface area contributed by atoms with E-state index in [1.165, 1.54) is 0 Å². The average Bonchev–Trinajstić information content (AvgIpc) is 2.96. The third kappa shape index (κ3) is 4.70. The SMILES string of the molecule is CC(C)(C)c1ccc(=O)n(CC2CCN(CC3(O)CCCC3)CC2)n1. The summed E-state index contributed by atoms with van der Waals surface area (Å²) in [7, 11) is 0. The second-order valence-corrected chi connectivity index (χ2v) is 9.14. The van der Waals surface area contributed by atoms with Crippen molar-refractivity contribution < 1.29 is 5.11 Å². The van der Waals surface area contributed by atoms with E-state index in [0.29, 0.717) is 12.5 Å². The van der Waals surface area contributed by atoms with Gasteiger partial charge in [0.2, 0.25) is 0 Å². The molecule has 0 unspecified atom stereocenters. The lowest BCUT2D eigenvalue weighted by molar-refractivity contribution is -0.000798. The van der Waals surface area contributed by atoms with E-state index < -0.39 is 5.60 Å². The van der Waals surface area contributed by atoms with Crippen LogP contribution in [0, 0.1) is 5.92 Å². The molecule has 0 aromatic carbocycles. The van der Waals surface area contributed by atoms with Crippen LogP contribution in [0.2, 0.25) is 0 Å². The Labute approximate surface area is 151 Å². The fourth-order valence-corrected chi connectivity index (χ4v) is 4.16. The van der Waals surface area contributed by atoms with Gasteiger partial charge in [-0.25, -0.2) is 4.68 Å². The van der Waals surface area contributed by atoms with Crippen molar-refractivity contribution >= 4 is 0 Å². The number of likely N-dealkylation sites (tertiary alicyclic amines) is 1. The van der Waals surface area contributed by atoms with Gasteiger partial charge in [-0.1, -0.05) is 33.6 Å². The van der Waals surface area contributed by atoms with Crippen molar-refractivity contribution in [3.63, 3.8) is 0 Å². The van der Waals surface area contributed by atoms with Crippen molar-refractivity contribution in [2.75, 3.05) is 19.6 Å². The zero-order chi connectivity index (χ0) is 18.1. The van der Waals surface area contributed by atoms with Gasteiger partial charge in [0.1, 0.15) is 0 Å². The van der Waals surface area contributed by atoms with Crippen LogP contribution in [0.3, 0.4) is 0 Å². The smallest absolute Gasteiger partial charge is 0.266 e. The number of nitrogens with zero attached hydrogens (tertiary/aromatic N) is 3. The predicted molar refractivity (Wildman–Crippen MR) is 99.8 cm³/mol. The van der Waals surface area contributed by atoms with E-state index in [2.05, 4.69) is 30.8 Å². The first-order valence-corrected chi connectivity index (χ1v) is 9.79. The Morgan fingerprint density at radius 3 is 2.44 bits per heavy atom. The van der Waals surface area contributed by atoms with Crippen LogP contribution < -0.4 is 5.56 Å². The molecule has 1 aliphatic heterocycles. The topological polar surface area (TPSA) is 58.4 Å². The van der Waals surface area contributed by atoms with Gasteiger partial charge in [0.05, 0.1) is 11.3 Å². The van der Waals surface area contributed by atoms with Crippen molar-refractivity contribution in [3.8, 4) is 0 Å². The maximum atomic E-state index is 12.2. The number of hydrogen-bond donors (Lipinski definition) is 1. The minimum absolute atomic E-state index is 0.00398. The molecule has 2 heterocycles. The second-order valence-electron chi connectivity index (χ2n) is 9.14. The number of aliphatic hydroxyl groups is 1. The summed E-state index contributed by atoms with van der Waals surface area (Å²) in [5.74, 6) is 0.495. The van der Waals surface area contributed by atoms with Gasteiger partial charge in [-0.05, 0) is 50.8 Å². The Bertz CT molecular complexity index is 633. The van der Waals surface area contributed by atoms with Crippen LogP contribution in [0.1, 0.15) is 65.0 Å². The average molecular weight is 348 g/mol. The standard InChI is InChI=1S/C20H33N3O2/c1-19(2,3)17-6-7-18(24)23(21-17)14-16-8-12-22(13-9-16)15-20(25)10-4-5-11-20/h6-7,16,25H,4-5,8-15H2,1-3H3. The highest BCUT2D eigenvalue weighted by molar-refractivity contribution is 5.10. The molecule has 1 aliphatic carbocycles. The Morgan fingerprint density at radius 2 is 1.84 bits per heavy atom. The molecule has 1 saturated heterocycles. The third-order valence-corrected chi connectivity index (χ3v) is 5.83. The third-order valence-electron chi connectivity index (χ3n) is 5.83. The van der Waals surface area contributed by atoms with Gasteiger partial charge in [-0.15, -0.1) is 0 Å². The largest absolute Gasteiger partial charge is 0.389 e. The Kier molecular flexibility index (Phi) is 5.35. The Morgan fingerprint density at radius 1 is 1.20 bits per heavy atom. The molecule has 0 spiro atoms. The van der Waals surface area contributed by atoms with Gasteiger partial charge in [0.15, 0.2) is 0 Å². The molecule has 25 heavy (non-hydrogen) atoms. The second kappa shape index (κ2) is 7.20. The van der Waals surface area contributed by atoms with E-state index in [1.54, 1.807) is 10.7 Å². The van der Waals surface area contributed by atoms with Gasteiger partial charge in [-0.2, -0.15) is 5.10 Å². The molecule has 5 nitrogen and oxygen atoms in total. The number of hydrogen-bond acceptors (Lipinski definition) is 4.